The molecular formula is C16H21N3O3. The van der Waals surface area contributed by atoms with Gasteiger partial charge in [-0.3, -0.25) is 14.6 Å². The van der Waals surface area contributed by atoms with E-state index in [1.807, 2.05) is 0 Å². The number of amides is 2. The van der Waals surface area contributed by atoms with Crippen LogP contribution in [0.4, 0.5) is 0 Å². The van der Waals surface area contributed by atoms with Crippen molar-refractivity contribution in [3.8, 4) is 0 Å². The van der Waals surface area contributed by atoms with E-state index in [4.69, 9.17) is 0 Å². The molecule has 1 aromatic heterocycles. The topological polar surface area (TPSA) is 79.4 Å². The second kappa shape index (κ2) is 7.68. The van der Waals surface area contributed by atoms with E-state index in [9.17, 15) is 14.4 Å². The van der Waals surface area contributed by atoms with Crippen molar-refractivity contribution in [2.24, 2.45) is 0 Å². The summed E-state index contributed by atoms with van der Waals surface area (Å²) in [6, 6.07) is 3.50. The number of likely N-dealkylation sites (tertiary alicyclic amines) is 1. The number of nitrogens with one attached hydrogen (secondary N) is 1. The average Bonchev–Trinajstić information content (AvgIpc) is 2.54. The van der Waals surface area contributed by atoms with Crippen molar-refractivity contribution in [1.82, 2.24) is 15.2 Å². The zero-order chi connectivity index (χ0) is 15.9. The molecule has 0 atom stereocenters. The zero-order valence-electron chi connectivity index (χ0n) is 12.7. The van der Waals surface area contributed by atoms with Crippen LogP contribution >= 0.6 is 0 Å². The van der Waals surface area contributed by atoms with E-state index in [2.05, 4.69) is 10.3 Å². The molecule has 1 aliphatic rings. The Kier molecular flexibility index (Phi) is 5.63. The highest BCUT2D eigenvalue weighted by Crippen LogP contribution is 2.14. The van der Waals surface area contributed by atoms with Crippen LogP contribution in [-0.4, -0.2) is 46.6 Å². The number of pyridine rings is 1. The van der Waals surface area contributed by atoms with Gasteiger partial charge < -0.3 is 15.0 Å². The maximum atomic E-state index is 12.3. The molecule has 0 bridgehead atoms. The summed E-state index contributed by atoms with van der Waals surface area (Å²) in [4.78, 5) is 40.6. The van der Waals surface area contributed by atoms with Gasteiger partial charge in [0.25, 0.3) is 5.91 Å². The monoisotopic (exact) mass is 303 g/mol. The number of carbonyl (C=O) groups excluding carboxylic acids is 3. The van der Waals surface area contributed by atoms with E-state index in [0.717, 1.165) is 12.8 Å². The Morgan fingerprint density at radius 3 is 2.41 bits per heavy atom. The molecule has 2 amide bonds. The van der Waals surface area contributed by atoms with E-state index in [-0.39, 0.29) is 36.5 Å². The smallest absolute Gasteiger partial charge is 0.253 e. The molecule has 6 heteroatoms. The lowest BCUT2D eigenvalue weighted by Crippen LogP contribution is -2.46. The predicted octanol–water partition coefficient (Wildman–Crippen LogP) is 1.17. The molecule has 1 aliphatic heterocycles. The van der Waals surface area contributed by atoms with Gasteiger partial charge in [-0.15, -0.1) is 0 Å². The van der Waals surface area contributed by atoms with Crippen LogP contribution in [0.25, 0.3) is 0 Å². The SMILES string of the molecule is CC(=O)CCC(=O)NC1CCN(C(=O)c2ccncc2)CC1. The molecule has 0 saturated carbocycles. The van der Waals surface area contributed by atoms with Gasteiger partial charge in [0, 0.05) is 49.9 Å². The minimum atomic E-state index is -0.0888. The highest BCUT2D eigenvalue weighted by atomic mass is 16.2. The third-order valence-electron chi connectivity index (χ3n) is 3.78. The molecule has 6 nitrogen and oxygen atoms in total. The molecule has 0 unspecified atom stereocenters. The van der Waals surface area contributed by atoms with Gasteiger partial charge in [0.05, 0.1) is 0 Å². The Morgan fingerprint density at radius 1 is 1.18 bits per heavy atom. The molecule has 2 rings (SSSR count). The van der Waals surface area contributed by atoms with Crippen molar-refractivity contribution in [3.63, 3.8) is 0 Å². The Balaban J connectivity index is 1.77. The highest BCUT2D eigenvalue weighted by Gasteiger charge is 2.24. The van der Waals surface area contributed by atoms with Crippen LogP contribution in [0.5, 0.6) is 0 Å². The lowest BCUT2D eigenvalue weighted by Gasteiger charge is -2.32. The first-order chi connectivity index (χ1) is 10.6. The maximum Gasteiger partial charge on any atom is 0.253 e. The first-order valence-electron chi connectivity index (χ1n) is 7.54. The second-order valence-electron chi connectivity index (χ2n) is 5.57. The van der Waals surface area contributed by atoms with Gasteiger partial charge in [-0.05, 0) is 31.9 Å². The molecule has 1 aromatic rings. The van der Waals surface area contributed by atoms with Crippen molar-refractivity contribution < 1.29 is 14.4 Å². The van der Waals surface area contributed by atoms with Crippen LogP contribution < -0.4 is 5.32 Å². The average molecular weight is 303 g/mol. The fraction of sp³-hybridized carbons (Fsp3) is 0.500. The van der Waals surface area contributed by atoms with Crippen LogP contribution in [0, 0.1) is 0 Å². The fourth-order valence-corrected chi connectivity index (χ4v) is 2.49. The summed E-state index contributed by atoms with van der Waals surface area (Å²) >= 11 is 0. The lowest BCUT2D eigenvalue weighted by atomic mass is 10.0. The standard InChI is InChI=1S/C16H21N3O3/c1-12(20)2-3-15(21)18-14-6-10-19(11-7-14)16(22)13-4-8-17-9-5-13/h4-5,8-9,14H,2-3,6-7,10-11H2,1H3,(H,18,21). The van der Waals surface area contributed by atoms with Gasteiger partial charge in [0.15, 0.2) is 0 Å². The Bertz CT molecular complexity index is 537. The molecule has 22 heavy (non-hydrogen) atoms. The molecule has 0 aromatic carbocycles. The predicted molar refractivity (Wildman–Crippen MR) is 81.2 cm³/mol. The third-order valence-corrected chi connectivity index (χ3v) is 3.78. The minimum absolute atomic E-state index is 0.00348. The van der Waals surface area contributed by atoms with Crippen molar-refractivity contribution in [2.75, 3.05) is 13.1 Å². The first kappa shape index (κ1) is 16.1. The van der Waals surface area contributed by atoms with Crippen molar-refractivity contribution >= 4 is 17.6 Å². The van der Waals surface area contributed by atoms with Crippen molar-refractivity contribution in [2.45, 2.75) is 38.6 Å². The van der Waals surface area contributed by atoms with E-state index in [0.29, 0.717) is 18.7 Å². The van der Waals surface area contributed by atoms with Gasteiger partial charge in [-0.25, -0.2) is 0 Å². The second-order valence-corrected chi connectivity index (χ2v) is 5.57. The highest BCUT2D eigenvalue weighted by molar-refractivity contribution is 5.94. The first-order valence-corrected chi connectivity index (χ1v) is 7.54. The van der Waals surface area contributed by atoms with Gasteiger partial charge >= 0.3 is 0 Å². The zero-order valence-corrected chi connectivity index (χ0v) is 12.7. The van der Waals surface area contributed by atoms with Crippen LogP contribution in [-0.2, 0) is 9.59 Å². The van der Waals surface area contributed by atoms with Gasteiger partial charge in [-0.2, -0.15) is 0 Å². The summed E-state index contributed by atoms with van der Waals surface area (Å²) < 4.78 is 0. The molecule has 0 spiro atoms. The lowest BCUT2D eigenvalue weighted by molar-refractivity contribution is -0.125. The van der Waals surface area contributed by atoms with E-state index in [1.165, 1.54) is 6.92 Å². The molecule has 0 radical (unpaired) electrons. The van der Waals surface area contributed by atoms with Crippen LogP contribution in [0.15, 0.2) is 24.5 Å². The molecule has 118 valence electrons. The molecule has 1 N–H and O–H groups in total. The van der Waals surface area contributed by atoms with Gasteiger partial charge in [0.2, 0.25) is 5.91 Å². The normalized spacial score (nSPS) is 15.4. The Morgan fingerprint density at radius 2 is 1.82 bits per heavy atom. The maximum absolute atomic E-state index is 12.3. The number of carbonyl (C=O) groups is 3. The van der Waals surface area contributed by atoms with Gasteiger partial charge in [0.1, 0.15) is 5.78 Å². The van der Waals surface area contributed by atoms with Crippen LogP contribution in [0.1, 0.15) is 43.0 Å². The number of rotatable bonds is 5. The largest absolute Gasteiger partial charge is 0.353 e. The number of hydrogen-bond acceptors (Lipinski definition) is 4. The van der Waals surface area contributed by atoms with Crippen LogP contribution in [0.2, 0.25) is 0 Å². The van der Waals surface area contributed by atoms with Crippen LogP contribution in [0.3, 0.4) is 0 Å². The molecular weight excluding hydrogens is 282 g/mol. The summed E-state index contributed by atoms with van der Waals surface area (Å²) in [6.45, 7) is 2.73. The molecule has 0 aliphatic carbocycles. The fourth-order valence-electron chi connectivity index (χ4n) is 2.49. The number of piperidine rings is 1. The van der Waals surface area contributed by atoms with Gasteiger partial charge in [-0.1, -0.05) is 0 Å². The number of nitrogens with zero attached hydrogens (tertiary/aromatic N) is 2. The molecule has 1 fully saturated rings. The van der Waals surface area contributed by atoms with E-state index < -0.39 is 0 Å². The minimum Gasteiger partial charge on any atom is -0.353 e. The number of aromatic nitrogens is 1. The summed E-state index contributed by atoms with van der Waals surface area (Å²) in [5.74, 6) is -0.0641. The van der Waals surface area contributed by atoms with Crippen molar-refractivity contribution in [1.29, 1.82) is 0 Å². The molecule has 1 saturated heterocycles. The quantitative estimate of drug-likeness (QED) is 0.885. The molecule has 2 heterocycles. The summed E-state index contributed by atoms with van der Waals surface area (Å²) in [5.41, 5.74) is 0.638. The van der Waals surface area contributed by atoms with E-state index >= 15 is 0 Å². The number of ketones is 1. The third kappa shape index (κ3) is 4.65. The number of hydrogen-bond donors (Lipinski definition) is 1. The summed E-state index contributed by atoms with van der Waals surface area (Å²) in [5, 5.41) is 2.93. The Hall–Kier alpha value is -2.24. The van der Waals surface area contributed by atoms with E-state index in [1.54, 1.807) is 29.4 Å². The Labute approximate surface area is 129 Å². The van der Waals surface area contributed by atoms with Crippen molar-refractivity contribution in [3.05, 3.63) is 30.1 Å². The summed E-state index contributed by atoms with van der Waals surface area (Å²) in [6.07, 6.45) is 5.21. The summed E-state index contributed by atoms with van der Waals surface area (Å²) in [7, 11) is 0. The number of Topliss-reactive ketones (excluding diaryl/α,β-unsaturated/α-hetero) is 1.